The van der Waals surface area contributed by atoms with Crippen LogP contribution in [0.1, 0.15) is 6.92 Å². The van der Waals surface area contributed by atoms with E-state index in [0.717, 1.165) is 26.4 Å². The van der Waals surface area contributed by atoms with Crippen LogP contribution in [-0.2, 0) is 23.7 Å². The minimum atomic E-state index is -0.578. The minimum Gasteiger partial charge on any atom is -0.435 e. The Kier molecular flexibility index (Phi) is 6.13. The average molecular weight is 246 g/mol. The Morgan fingerprint density at radius 3 is 2.06 bits per heavy atom. The lowest BCUT2D eigenvalue weighted by atomic mass is 10.4. The zero-order chi connectivity index (χ0) is 12.7. The number of carbonyl (C=O) groups is 1. The summed E-state index contributed by atoms with van der Waals surface area (Å²) in [5.41, 5.74) is 0.291. The molecule has 0 bridgehead atoms. The van der Waals surface area contributed by atoms with Crippen LogP contribution in [0.4, 0.5) is 0 Å². The molecule has 2 unspecified atom stereocenters. The fourth-order valence-corrected chi connectivity index (χ4v) is 0.841. The topological polar surface area (TPSA) is 80.8 Å². The molecular weight excluding hydrogens is 228 g/mol. The molecule has 98 valence electrons. The van der Waals surface area contributed by atoms with Gasteiger partial charge in [-0.25, -0.2) is 4.79 Å². The summed E-state index contributed by atoms with van der Waals surface area (Å²) in [5, 5.41) is 8.00. The zero-order valence-electron chi connectivity index (χ0n) is 9.89. The third-order valence-electron chi connectivity index (χ3n) is 1.96. The van der Waals surface area contributed by atoms with Gasteiger partial charge in [0.25, 0.3) is 0 Å². The summed E-state index contributed by atoms with van der Waals surface area (Å²) in [4.78, 5) is 10.3. The summed E-state index contributed by atoms with van der Waals surface area (Å²) in [7, 11) is 0. The van der Waals surface area contributed by atoms with E-state index < -0.39 is 12.8 Å². The second kappa shape index (κ2) is 7.39. The molecule has 0 aromatic rings. The van der Waals surface area contributed by atoms with Crippen molar-refractivity contribution in [1.29, 1.82) is 0 Å². The van der Waals surface area contributed by atoms with Gasteiger partial charge in [0.15, 0.2) is 6.79 Å². The van der Waals surface area contributed by atoms with Crippen LogP contribution in [0.25, 0.3) is 0 Å². The van der Waals surface area contributed by atoms with E-state index in [1.54, 1.807) is 0 Å². The van der Waals surface area contributed by atoms with Crippen molar-refractivity contribution in [2.24, 2.45) is 0 Å². The number of esters is 1. The number of ether oxygens (including phenoxy) is 4. The maximum Gasteiger partial charge on any atom is 0.335 e. The maximum absolute atomic E-state index is 10.3. The Bertz CT molecular complexity index is 245. The van der Waals surface area contributed by atoms with Crippen molar-refractivity contribution in [3.8, 4) is 0 Å². The molecule has 6 nitrogen and oxygen atoms in total. The van der Waals surface area contributed by atoms with Crippen molar-refractivity contribution in [3.63, 3.8) is 0 Å². The molecule has 1 N–H and O–H groups in total. The van der Waals surface area contributed by atoms with Gasteiger partial charge in [-0.2, -0.15) is 0 Å². The van der Waals surface area contributed by atoms with Gasteiger partial charge in [-0.05, 0) is 6.92 Å². The summed E-state index contributed by atoms with van der Waals surface area (Å²) in [5.74, 6) is -0.562. The van der Waals surface area contributed by atoms with E-state index in [0.29, 0.717) is 17.8 Å². The molecule has 0 aromatic heterocycles. The van der Waals surface area contributed by atoms with Gasteiger partial charge in [0.05, 0.1) is 26.4 Å². The smallest absolute Gasteiger partial charge is 0.335 e. The fraction of sp³-hybridized carbons (Fsp3) is 0.727. The molecule has 6 heteroatoms. The van der Waals surface area contributed by atoms with Crippen LogP contribution < -0.4 is 0 Å². The first-order valence-corrected chi connectivity index (χ1v) is 5.38. The van der Waals surface area contributed by atoms with Crippen LogP contribution in [0.5, 0.6) is 0 Å². The number of epoxide rings is 2. The second-order valence-corrected chi connectivity index (χ2v) is 3.79. The Hall–Kier alpha value is -0.950. The Labute approximate surface area is 100 Å². The molecule has 17 heavy (non-hydrogen) atoms. The Morgan fingerprint density at radius 1 is 1.35 bits per heavy atom. The van der Waals surface area contributed by atoms with Crippen LogP contribution in [0.3, 0.4) is 0 Å². The van der Waals surface area contributed by atoms with E-state index in [-0.39, 0.29) is 0 Å². The lowest BCUT2D eigenvalue weighted by Crippen LogP contribution is -2.06. The van der Waals surface area contributed by atoms with Gasteiger partial charge in [0.1, 0.15) is 12.2 Å². The molecule has 2 atom stereocenters. The summed E-state index contributed by atoms with van der Waals surface area (Å²) in [6.07, 6.45) is 0.785. The SMILES string of the molecule is C(OCC1CO1)C1CO1.C=C(C)C(=O)OCO. The Morgan fingerprint density at radius 2 is 1.82 bits per heavy atom. The summed E-state index contributed by atoms with van der Waals surface area (Å²) >= 11 is 0. The van der Waals surface area contributed by atoms with Gasteiger partial charge < -0.3 is 24.1 Å². The number of aliphatic hydroxyl groups is 1. The number of hydrogen-bond donors (Lipinski definition) is 1. The van der Waals surface area contributed by atoms with E-state index in [9.17, 15) is 4.79 Å². The number of rotatable bonds is 6. The predicted octanol–water partition coefficient (Wildman–Crippen LogP) is -0.144. The third kappa shape index (κ3) is 7.87. The number of aliphatic hydroxyl groups excluding tert-OH is 1. The van der Waals surface area contributed by atoms with E-state index in [4.69, 9.17) is 19.3 Å². The molecule has 2 heterocycles. The van der Waals surface area contributed by atoms with Crippen LogP contribution in [0.2, 0.25) is 0 Å². The highest BCUT2D eigenvalue weighted by Crippen LogP contribution is 2.12. The van der Waals surface area contributed by atoms with Gasteiger partial charge in [0, 0.05) is 5.57 Å². The molecule has 0 aromatic carbocycles. The zero-order valence-corrected chi connectivity index (χ0v) is 9.89. The third-order valence-corrected chi connectivity index (χ3v) is 1.96. The predicted molar refractivity (Wildman–Crippen MR) is 58.3 cm³/mol. The van der Waals surface area contributed by atoms with Crippen molar-refractivity contribution in [1.82, 2.24) is 0 Å². The van der Waals surface area contributed by atoms with E-state index >= 15 is 0 Å². The number of carbonyl (C=O) groups excluding carboxylic acids is 1. The monoisotopic (exact) mass is 246 g/mol. The first-order chi connectivity index (χ1) is 8.13. The van der Waals surface area contributed by atoms with Crippen LogP contribution >= 0.6 is 0 Å². The van der Waals surface area contributed by atoms with Crippen molar-refractivity contribution >= 4 is 5.97 Å². The first-order valence-electron chi connectivity index (χ1n) is 5.38. The van der Waals surface area contributed by atoms with Gasteiger partial charge >= 0.3 is 5.97 Å². The molecule has 0 aliphatic carbocycles. The fourth-order valence-electron chi connectivity index (χ4n) is 0.841. The standard InChI is InChI=1S/C6H10O3.C5H8O3/c1(5-3-8-5)7-2-6-4-9-6;1-4(2)5(7)8-3-6/h5-6H,1-4H2;6H,1,3H2,2H3. The summed E-state index contributed by atoms with van der Waals surface area (Å²) in [6.45, 7) is 7.48. The maximum atomic E-state index is 10.3. The van der Waals surface area contributed by atoms with Crippen LogP contribution in [-0.4, -0.2) is 56.5 Å². The van der Waals surface area contributed by atoms with Crippen molar-refractivity contribution < 1.29 is 28.8 Å². The highest BCUT2D eigenvalue weighted by atomic mass is 16.6. The molecule has 2 aliphatic rings. The highest BCUT2D eigenvalue weighted by molar-refractivity contribution is 5.86. The highest BCUT2D eigenvalue weighted by Gasteiger charge is 2.26. The molecule has 2 fully saturated rings. The van der Waals surface area contributed by atoms with Gasteiger partial charge in [-0.3, -0.25) is 0 Å². The van der Waals surface area contributed by atoms with Crippen LogP contribution in [0, 0.1) is 0 Å². The minimum absolute atomic E-state index is 0.291. The van der Waals surface area contributed by atoms with Crippen molar-refractivity contribution in [3.05, 3.63) is 12.2 Å². The molecule has 0 spiro atoms. The van der Waals surface area contributed by atoms with Crippen LogP contribution in [0.15, 0.2) is 12.2 Å². The number of hydrogen-bond acceptors (Lipinski definition) is 6. The molecule has 2 rings (SSSR count). The molecular formula is C11H18O6. The second-order valence-electron chi connectivity index (χ2n) is 3.79. The molecule has 0 amide bonds. The molecule has 0 radical (unpaired) electrons. The largest absolute Gasteiger partial charge is 0.435 e. The summed E-state index contributed by atoms with van der Waals surface area (Å²) < 4.78 is 19.2. The molecule has 0 saturated carbocycles. The van der Waals surface area contributed by atoms with E-state index in [2.05, 4.69) is 11.3 Å². The lowest BCUT2D eigenvalue weighted by molar-refractivity contribution is -0.146. The Balaban J connectivity index is 0.000000172. The van der Waals surface area contributed by atoms with Gasteiger partial charge in [0.2, 0.25) is 0 Å². The summed E-state index contributed by atoms with van der Waals surface area (Å²) in [6, 6.07) is 0. The van der Waals surface area contributed by atoms with Crippen molar-refractivity contribution in [2.45, 2.75) is 19.1 Å². The lowest BCUT2D eigenvalue weighted by Gasteiger charge is -1.95. The van der Waals surface area contributed by atoms with E-state index in [1.807, 2.05) is 0 Å². The van der Waals surface area contributed by atoms with Crippen molar-refractivity contribution in [2.75, 3.05) is 33.2 Å². The first kappa shape index (κ1) is 14.1. The molecule has 2 aliphatic heterocycles. The van der Waals surface area contributed by atoms with Gasteiger partial charge in [-0.1, -0.05) is 6.58 Å². The molecule has 2 saturated heterocycles. The average Bonchev–Trinajstić information content (AvgIpc) is 3.13. The van der Waals surface area contributed by atoms with E-state index in [1.165, 1.54) is 6.92 Å². The quantitative estimate of drug-likeness (QED) is 0.304. The normalized spacial score (nSPS) is 24.4. The van der Waals surface area contributed by atoms with Gasteiger partial charge in [-0.15, -0.1) is 0 Å².